The molecule has 0 bridgehead atoms. The Bertz CT molecular complexity index is 944. The summed E-state index contributed by atoms with van der Waals surface area (Å²) >= 11 is 3.38. The summed E-state index contributed by atoms with van der Waals surface area (Å²) in [5.74, 6) is 1.64. The number of nitrogens with zero attached hydrogens (tertiary/aromatic N) is 3. The van der Waals surface area contributed by atoms with Gasteiger partial charge >= 0.3 is 0 Å². The molecule has 0 fully saturated rings. The second kappa shape index (κ2) is 8.09. The van der Waals surface area contributed by atoms with Crippen LogP contribution in [0.4, 0.5) is 0 Å². The van der Waals surface area contributed by atoms with E-state index in [0.717, 1.165) is 10.0 Å². The SMILES string of the molecule is COc1cc(/C(=N/O)c2nc(-c3ccc(Br)cc3)no2)cc(OC)c1OC. The highest BCUT2D eigenvalue weighted by atomic mass is 79.9. The van der Waals surface area contributed by atoms with Gasteiger partial charge in [0.05, 0.1) is 21.3 Å². The molecule has 0 aliphatic rings. The Kier molecular flexibility index (Phi) is 5.60. The molecule has 0 aliphatic carbocycles. The smallest absolute Gasteiger partial charge is 0.280 e. The third-order valence-corrected chi connectivity index (χ3v) is 4.30. The highest BCUT2D eigenvalue weighted by Gasteiger charge is 2.22. The number of benzene rings is 2. The molecule has 3 aromatic rings. The molecule has 0 radical (unpaired) electrons. The molecule has 1 heterocycles. The summed E-state index contributed by atoms with van der Waals surface area (Å²) < 4.78 is 22.2. The normalized spacial score (nSPS) is 11.3. The molecule has 0 atom stereocenters. The first kappa shape index (κ1) is 18.7. The molecule has 27 heavy (non-hydrogen) atoms. The Morgan fingerprint density at radius 3 is 2.19 bits per heavy atom. The van der Waals surface area contributed by atoms with E-state index in [1.54, 1.807) is 12.1 Å². The Morgan fingerprint density at radius 2 is 1.67 bits per heavy atom. The topological polar surface area (TPSA) is 99.2 Å². The minimum Gasteiger partial charge on any atom is -0.493 e. The van der Waals surface area contributed by atoms with Crippen LogP contribution in [0.15, 0.2) is 50.5 Å². The van der Waals surface area contributed by atoms with Gasteiger partial charge in [0.1, 0.15) is 0 Å². The molecule has 3 rings (SSSR count). The molecule has 8 nitrogen and oxygen atoms in total. The number of methoxy groups -OCH3 is 3. The van der Waals surface area contributed by atoms with Crippen LogP contribution < -0.4 is 14.2 Å². The van der Waals surface area contributed by atoms with Crippen molar-refractivity contribution in [3.05, 3.63) is 52.3 Å². The fraction of sp³-hybridized carbons (Fsp3) is 0.167. The van der Waals surface area contributed by atoms with Crippen LogP contribution >= 0.6 is 15.9 Å². The molecule has 0 saturated heterocycles. The summed E-state index contributed by atoms with van der Waals surface area (Å²) in [5, 5.41) is 16.8. The van der Waals surface area contributed by atoms with Gasteiger partial charge in [0, 0.05) is 15.6 Å². The molecule has 0 spiro atoms. The van der Waals surface area contributed by atoms with Crippen LogP contribution in [-0.4, -0.2) is 42.4 Å². The van der Waals surface area contributed by atoms with Gasteiger partial charge in [0.15, 0.2) is 17.2 Å². The van der Waals surface area contributed by atoms with Crippen molar-refractivity contribution in [3.63, 3.8) is 0 Å². The molecule has 9 heteroatoms. The first-order chi connectivity index (χ1) is 13.1. The van der Waals surface area contributed by atoms with Crippen molar-refractivity contribution in [1.29, 1.82) is 0 Å². The van der Waals surface area contributed by atoms with Gasteiger partial charge in [-0.25, -0.2) is 0 Å². The zero-order chi connectivity index (χ0) is 19.4. The lowest BCUT2D eigenvalue weighted by Gasteiger charge is -2.13. The second-order valence-corrected chi connectivity index (χ2v) is 6.21. The Labute approximate surface area is 163 Å². The molecule has 2 aromatic carbocycles. The van der Waals surface area contributed by atoms with E-state index in [4.69, 9.17) is 18.7 Å². The van der Waals surface area contributed by atoms with E-state index in [1.165, 1.54) is 21.3 Å². The number of rotatable bonds is 6. The van der Waals surface area contributed by atoms with Crippen molar-refractivity contribution < 1.29 is 23.9 Å². The maximum Gasteiger partial charge on any atom is 0.280 e. The number of hydrogen-bond donors (Lipinski definition) is 1. The van der Waals surface area contributed by atoms with Crippen LogP contribution in [0.1, 0.15) is 11.5 Å². The standard InChI is InChI=1S/C18H16BrN3O5/c1-24-13-8-11(9-14(25-2)16(13)26-3)15(21-23)18-20-17(22-27-18)10-4-6-12(19)7-5-10/h4-9,23H,1-3H3/b21-15-. The highest BCUT2D eigenvalue weighted by Crippen LogP contribution is 2.38. The van der Waals surface area contributed by atoms with Gasteiger partial charge in [-0.2, -0.15) is 4.98 Å². The Hall–Kier alpha value is -3.07. The lowest BCUT2D eigenvalue weighted by Crippen LogP contribution is -2.06. The van der Waals surface area contributed by atoms with Gasteiger partial charge in [-0.3, -0.25) is 0 Å². The summed E-state index contributed by atoms with van der Waals surface area (Å²) in [4.78, 5) is 4.31. The quantitative estimate of drug-likeness (QED) is 0.358. The van der Waals surface area contributed by atoms with Crippen molar-refractivity contribution in [2.75, 3.05) is 21.3 Å². The first-order valence-electron chi connectivity index (χ1n) is 7.73. The number of halogens is 1. The highest BCUT2D eigenvalue weighted by molar-refractivity contribution is 9.10. The van der Waals surface area contributed by atoms with Crippen LogP contribution in [0.3, 0.4) is 0 Å². The minimum atomic E-state index is 0.0460. The number of aromatic nitrogens is 2. The third kappa shape index (κ3) is 3.72. The average molecular weight is 434 g/mol. The predicted octanol–water partition coefficient (Wildman–Crippen LogP) is 3.75. The van der Waals surface area contributed by atoms with E-state index in [1.807, 2.05) is 24.3 Å². The van der Waals surface area contributed by atoms with Crippen LogP contribution in [0.5, 0.6) is 17.2 Å². The van der Waals surface area contributed by atoms with E-state index < -0.39 is 0 Å². The zero-order valence-corrected chi connectivity index (χ0v) is 16.3. The monoisotopic (exact) mass is 433 g/mol. The number of hydrogen-bond acceptors (Lipinski definition) is 8. The fourth-order valence-corrected chi connectivity index (χ4v) is 2.74. The summed E-state index contributed by atoms with van der Waals surface area (Å²) in [6, 6.07) is 10.7. The molecule has 0 amide bonds. The van der Waals surface area contributed by atoms with Crippen LogP contribution in [0.25, 0.3) is 11.4 Å². The van der Waals surface area contributed by atoms with Crippen molar-refractivity contribution in [2.24, 2.45) is 5.16 Å². The molecular weight excluding hydrogens is 418 g/mol. The van der Waals surface area contributed by atoms with Gasteiger partial charge in [-0.05, 0) is 36.4 Å². The largest absolute Gasteiger partial charge is 0.493 e. The molecule has 0 saturated carbocycles. The van der Waals surface area contributed by atoms with E-state index in [2.05, 4.69) is 31.2 Å². The summed E-state index contributed by atoms with van der Waals surface area (Å²) in [6.07, 6.45) is 0. The lowest BCUT2D eigenvalue weighted by atomic mass is 10.1. The molecule has 140 valence electrons. The number of ether oxygens (including phenoxy) is 3. The molecule has 0 aliphatic heterocycles. The van der Waals surface area contributed by atoms with Gasteiger partial charge in [0.25, 0.3) is 5.89 Å². The van der Waals surface area contributed by atoms with E-state index in [0.29, 0.717) is 28.6 Å². The van der Waals surface area contributed by atoms with E-state index in [-0.39, 0.29) is 11.6 Å². The summed E-state index contributed by atoms with van der Waals surface area (Å²) in [6.45, 7) is 0. The van der Waals surface area contributed by atoms with Gasteiger partial charge in [-0.1, -0.05) is 26.2 Å². The van der Waals surface area contributed by atoms with Gasteiger partial charge in [-0.15, -0.1) is 0 Å². The maximum absolute atomic E-state index is 9.54. The van der Waals surface area contributed by atoms with Crippen molar-refractivity contribution in [2.45, 2.75) is 0 Å². The Morgan fingerprint density at radius 1 is 1.04 bits per heavy atom. The minimum absolute atomic E-state index is 0.0460. The second-order valence-electron chi connectivity index (χ2n) is 5.29. The predicted molar refractivity (Wildman–Crippen MR) is 101 cm³/mol. The maximum atomic E-state index is 9.54. The van der Waals surface area contributed by atoms with Gasteiger partial charge in [0.2, 0.25) is 11.6 Å². The van der Waals surface area contributed by atoms with Crippen LogP contribution in [0, 0.1) is 0 Å². The zero-order valence-electron chi connectivity index (χ0n) is 14.8. The molecular formula is C18H16BrN3O5. The first-order valence-corrected chi connectivity index (χ1v) is 8.53. The van der Waals surface area contributed by atoms with Crippen molar-refractivity contribution in [3.8, 4) is 28.6 Å². The Balaban J connectivity index is 2.02. The summed E-state index contributed by atoms with van der Waals surface area (Å²) in [7, 11) is 4.49. The van der Waals surface area contributed by atoms with Gasteiger partial charge < -0.3 is 23.9 Å². The van der Waals surface area contributed by atoms with Crippen molar-refractivity contribution >= 4 is 21.6 Å². The molecule has 1 N–H and O–H groups in total. The lowest BCUT2D eigenvalue weighted by molar-refractivity contribution is 0.315. The fourth-order valence-electron chi connectivity index (χ4n) is 2.48. The number of oxime groups is 1. The van der Waals surface area contributed by atoms with E-state index >= 15 is 0 Å². The van der Waals surface area contributed by atoms with Crippen LogP contribution in [-0.2, 0) is 0 Å². The van der Waals surface area contributed by atoms with Crippen molar-refractivity contribution in [1.82, 2.24) is 10.1 Å². The summed E-state index contributed by atoms with van der Waals surface area (Å²) in [5.41, 5.74) is 1.29. The molecule has 1 aromatic heterocycles. The van der Waals surface area contributed by atoms with E-state index in [9.17, 15) is 5.21 Å². The molecule has 0 unspecified atom stereocenters. The van der Waals surface area contributed by atoms with Crippen LogP contribution in [0.2, 0.25) is 0 Å². The average Bonchev–Trinajstić information content (AvgIpc) is 3.18. The third-order valence-electron chi connectivity index (χ3n) is 3.77.